The summed E-state index contributed by atoms with van der Waals surface area (Å²) in [7, 11) is 0. The van der Waals surface area contributed by atoms with E-state index in [-0.39, 0.29) is 18.8 Å². The van der Waals surface area contributed by atoms with Crippen LogP contribution in [-0.4, -0.2) is 23.4 Å². The van der Waals surface area contributed by atoms with E-state index >= 15 is 0 Å². The molecule has 0 aliphatic heterocycles. The van der Waals surface area contributed by atoms with Crippen molar-refractivity contribution in [1.29, 1.82) is 0 Å². The smallest absolute Gasteiger partial charge is 0.347 e. The standard InChI is InChI=1S/C13H17FO4/c1-4-17-12(16)13(14,8-9(2)3)11(15)10-6-5-7-18-10/h5-7,11,15H,2,4,8H2,1,3H3/t11-,13+/m1/s1. The van der Waals surface area contributed by atoms with Gasteiger partial charge in [0.25, 0.3) is 0 Å². The largest absolute Gasteiger partial charge is 0.466 e. The highest BCUT2D eigenvalue weighted by atomic mass is 19.1. The third-order valence-corrected chi connectivity index (χ3v) is 2.42. The predicted octanol–water partition coefficient (Wildman–Crippen LogP) is 2.55. The van der Waals surface area contributed by atoms with Gasteiger partial charge in [-0.25, -0.2) is 9.18 Å². The van der Waals surface area contributed by atoms with Crippen molar-refractivity contribution in [3.05, 3.63) is 36.3 Å². The lowest BCUT2D eigenvalue weighted by Crippen LogP contribution is -2.42. The van der Waals surface area contributed by atoms with Crippen molar-refractivity contribution >= 4 is 5.97 Å². The fraction of sp³-hybridized carbons (Fsp3) is 0.462. The van der Waals surface area contributed by atoms with E-state index in [4.69, 9.17) is 4.42 Å². The van der Waals surface area contributed by atoms with E-state index in [1.165, 1.54) is 18.4 Å². The number of carbonyl (C=O) groups excluding carboxylic acids is 1. The zero-order chi connectivity index (χ0) is 13.8. The summed E-state index contributed by atoms with van der Waals surface area (Å²) in [6, 6.07) is 2.90. The number of ether oxygens (including phenoxy) is 1. The maximum Gasteiger partial charge on any atom is 0.347 e. The molecule has 0 saturated heterocycles. The van der Waals surface area contributed by atoms with Crippen LogP contribution in [0, 0.1) is 0 Å². The molecular formula is C13H17FO4. The molecule has 0 aliphatic rings. The van der Waals surface area contributed by atoms with E-state index in [9.17, 15) is 14.3 Å². The topological polar surface area (TPSA) is 59.7 Å². The SMILES string of the molecule is C=C(C)C[C@@](F)(C(=O)OCC)[C@H](O)c1ccco1. The Hall–Kier alpha value is -1.62. The Bertz CT molecular complexity index is 413. The highest BCUT2D eigenvalue weighted by Crippen LogP contribution is 2.36. The summed E-state index contributed by atoms with van der Waals surface area (Å²) in [6.45, 7) is 6.73. The minimum Gasteiger partial charge on any atom is -0.466 e. The first kappa shape index (κ1) is 14.4. The average molecular weight is 256 g/mol. The predicted molar refractivity (Wildman–Crippen MR) is 63.6 cm³/mol. The molecule has 100 valence electrons. The molecule has 4 nitrogen and oxygen atoms in total. The monoisotopic (exact) mass is 256 g/mol. The Balaban J connectivity index is 3.03. The number of furan rings is 1. The number of aliphatic hydroxyl groups is 1. The molecule has 1 aromatic heterocycles. The van der Waals surface area contributed by atoms with Crippen LogP contribution in [0.5, 0.6) is 0 Å². The number of carbonyl (C=O) groups is 1. The van der Waals surface area contributed by atoms with E-state index in [1.54, 1.807) is 13.8 Å². The zero-order valence-corrected chi connectivity index (χ0v) is 10.5. The van der Waals surface area contributed by atoms with Crippen molar-refractivity contribution < 1.29 is 23.4 Å². The highest BCUT2D eigenvalue weighted by Gasteiger charge is 2.49. The molecule has 0 fully saturated rings. The first-order chi connectivity index (χ1) is 8.41. The minimum absolute atomic E-state index is 0.0215. The third-order valence-electron chi connectivity index (χ3n) is 2.42. The Kier molecular flexibility index (Phi) is 4.67. The van der Waals surface area contributed by atoms with Gasteiger partial charge in [0.05, 0.1) is 12.9 Å². The summed E-state index contributed by atoms with van der Waals surface area (Å²) in [5, 5.41) is 9.96. The average Bonchev–Trinajstić information content (AvgIpc) is 2.80. The second-order valence-electron chi connectivity index (χ2n) is 4.13. The zero-order valence-electron chi connectivity index (χ0n) is 10.5. The normalized spacial score (nSPS) is 15.8. The van der Waals surface area contributed by atoms with Crippen molar-refractivity contribution in [2.75, 3.05) is 6.61 Å². The molecule has 0 saturated carbocycles. The van der Waals surface area contributed by atoms with Crippen LogP contribution in [0.25, 0.3) is 0 Å². The van der Waals surface area contributed by atoms with Crippen molar-refractivity contribution in [3.63, 3.8) is 0 Å². The Morgan fingerprint density at radius 1 is 1.72 bits per heavy atom. The van der Waals surface area contributed by atoms with Crippen LogP contribution in [0.15, 0.2) is 35.0 Å². The number of alkyl halides is 1. The Labute approximate surface area is 105 Å². The van der Waals surface area contributed by atoms with Crippen molar-refractivity contribution in [1.82, 2.24) is 0 Å². The quantitative estimate of drug-likeness (QED) is 0.627. The number of hydrogen-bond donors (Lipinski definition) is 1. The summed E-state index contributed by atoms with van der Waals surface area (Å²) in [5.74, 6) is -1.14. The first-order valence-electron chi connectivity index (χ1n) is 5.63. The lowest BCUT2D eigenvalue weighted by Gasteiger charge is -2.27. The van der Waals surface area contributed by atoms with E-state index < -0.39 is 17.7 Å². The van der Waals surface area contributed by atoms with Crippen LogP contribution in [0.4, 0.5) is 4.39 Å². The van der Waals surface area contributed by atoms with Gasteiger partial charge < -0.3 is 14.3 Å². The van der Waals surface area contributed by atoms with Gasteiger partial charge in [0, 0.05) is 6.42 Å². The molecule has 0 unspecified atom stereocenters. The number of esters is 1. The summed E-state index contributed by atoms with van der Waals surface area (Å²) < 4.78 is 24.3. The number of halogens is 1. The summed E-state index contributed by atoms with van der Waals surface area (Å²) >= 11 is 0. The molecule has 1 rings (SSSR count). The molecule has 0 aromatic carbocycles. The number of allylic oxidation sites excluding steroid dienone is 1. The minimum atomic E-state index is -2.58. The van der Waals surface area contributed by atoms with Crippen LogP contribution >= 0.6 is 0 Å². The lowest BCUT2D eigenvalue weighted by atomic mass is 9.90. The summed E-state index contributed by atoms with van der Waals surface area (Å²) in [6.07, 6.45) is -0.748. The fourth-order valence-corrected chi connectivity index (χ4v) is 1.64. The third kappa shape index (κ3) is 2.98. The lowest BCUT2D eigenvalue weighted by molar-refractivity contribution is -0.167. The second kappa shape index (κ2) is 5.82. The summed E-state index contributed by atoms with van der Waals surface area (Å²) in [5.41, 5.74) is -2.16. The van der Waals surface area contributed by atoms with Gasteiger partial charge in [0.1, 0.15) is 5.76 Å². The number of rotatable bonds is 6. The van der Waals surface area contributed by atoms with Gasteiger partial charge in [0.2, 0.25) is 5.67 Å². The Morgan fingerprint density at radius 2 is 2.39 bits per heavy atom. The van der Waals surface area contributed by atoms with Gasteiger partial charge >= 0.3 is 5.97 Å². The van der Waals surface area contributed by atoms with Crippen LogP contribution in [0.2, 0.25) is 0 Å². The molecule has 0 aliphatic carbocycles. The van der Waals surface area contributed by atoms with E-state index in [1.807, 2.05) is 0 Å². The molecular weight excluding hydrogens is 239 g/mol. The maximum atomic E-state index is 14.7. The van der Waals surface area contributed by atoms with Crippen molar-refractivity contribution in [2.24, 2.45) is 0 Å². The second-order valence-corrected chi connectivity index (χ2v) is 4.13. The van der Waals surface area contributed by atoms with Crippen molar-refractivity contribution in [3.8, 4) is 0 Å². The fourth-order valence-electron chi connectivity index (χ4n) is 1.64. The molecule has 2 atom stereocenters. The molecule has 5 heteroatoms. The van der Waals surface area contributed by atoms with Gasteiger partial charge in [-0.1, -0.05) is 5.57 Å². The van der Waals surface area contributed by atoms with Crippen molar-refractivity contribution in [2.45, 2.75) is 32.0 Å². The summed E-state index contributed by atoms with van der Waals surface area (Å²) in [4.78, 5) is 11.7. The van der Waals surface area contributed by atoms with Gasteiger partial charge in [-0.3, -0.25) is 0 Å². The van der Waals surface area contributed by atoms with Crippen LogP contribution in [0.1, 0.15) is 32.1 Å². The number of hydrogen-bond acceptors (Lipinski definition) is 4. The van der Waals surface area contributed by atoms with Crippen LogP contribution in [-0.2, 0) is 9.53 Å². The Morgan fingerprint density at radius 3 is 2.83 bits per heavy atom. The molecule has 1 heterocycles. The van der Waals surface area contributed by atoms with Gasteiger partial charge in [-0.05, 0) is 26.0 Å². The molecule has 0 amide bonds. The first-order valence-corrected chi connectivity index (χ1v) is 5.63. The van der Waals surface area contributed by atoms with E-state index in [0.29, 0.717) is 5.57 Å². The molecule has 0 spiro atoms. The highest BCUT2D eigenvalue weighted by molar-refractivity contribution is 5.81. The van der Waals surface area contributed by atoms with Gasteiger partial charge in [0.15, 0.2) is 6.10 Å². The molecule has 1 N–H and O–H groups in total. The maximum absolute atomic E-state index is 14.7. The van der Waals surface area contributed by atoms with Gasteiger partial charge in [-0.2, -0.15) is 0 Å². The van der Waals surface area contributed by atoms with Crippen LogP contribution in [0.3, 0.4) is 0 Å². The molecule has 18 heavy (non-hydrogen) atoms. The molecule has 0 bridgehead atoms. The number of aliphatic hydroxyl groups excluding tert-OH is 1. The van der Waals surface area contributed by atoms with E-state index in [0.717, 1.165) is 0 Å². The van der Waals surface area contributed by atoms with E-state index in [2.05, 4.69) is 11.3 Å². The molecule has 1 aromatic rings. The van der Waals surface area contributed by atoms with Gasteiger partial charge in [-0.15, -0.1) is 6.58 Å². The van der Waals surface area contributed by atoms with Crippen LogP contribution < -0.4 is 0 Å². The molecule has 0 radical (unpaired) electrons.